The molecular formula is C34H39O6. The van der Waals surface area contributed by atoms with Crippen molar-refractivity contribution in [2.24, 2.45) is 0 Å². The van der Waals surface area contributed by atoms with Crippen LogP contribution in [0.25, 0.3) is 0 Å². The zero-order valence-electron chi connectivity index (χ0n) is 23.7. The molecule has 0 aliphatic carbocycles. The molecule has 0 spiro atoms. The number of ether oxygens (including phenoxy) is 3. The van der Waals surface area contributed by atoms with Gasteiger partial charge in [-0.3, -0.25) is 0 Å². The first-order chi connectivity index (χ1) is 19.3. The molecule has 0 saturated carbocycles. The molecule has 3 rings (SSSR count). The minimum Gasteiger partial charge on any atom is -0.494 e. The van der Waals surface area contributed by atoms with Crippen molar-refractivity contribution in [1.82, 2.24) is 0 Å². The molecular weight excluding hydrogens is 504 g/mol. The number of benzene rings is 3. The monoisotopic (exact) mass is 543 g/mol. The van der Waals surface area contributed by atoms with E-state index >= 15 is 0 Å². The van der Waals surface area contributed by atoms with E-state index < -0.39 is 0 Å². The Morgan fingerprint density at radius 1 is 0.450 bits per heavy atom. The van der Waals surface area contributed by atoms with E-state index in [-0.39, 0.29) is 17.3 Å². The van der Waals surface area contributed by atoms with E-state index in [1.54, 1.807) is 20.8 Å². The third-order valence-electron chi connectivity index (χ3n) is 6.25. The molecule has 3 aromatic carbocycles. The summed E-state index contributed by atoms with van der Waals surface area (Å²) >= 11 is 0. The number of ketones is 3. The Labute approximate surface area is 237 Å². The first-order valence-corrected chi connectivity index (χ1v) is 13.9. The van der Waals surface area contributed by atoms with Crippen molar-refractivity contribution in [3.8, 4) is 17.2 Å². The Bertz CT molecular complexity index is 1060. The van der Waals surface area contributed by atoms with Crippen molar-refractivity contribution in [3.63, 3.8) is 0 Å². The SMILES string of the molecule is CC(=O)CCCOc1ccc([C](c2ccc(OCCCC(C)=O)cc2)c2ccc(OCCCC(C)=O)cc2)cc1. The van der Waals surface area contributed by atoms with Crippen molar-refractivity contribution in [3.05, 3.63) is 95.4 Å². The molecule has 6 heteroatoms. The summed E-state index contributed by atoms with van der Waals surface area (Å²) in [6, 6.07) is 23.9. The Hall–Kier alpha value is -3.93. The van der Waals surface area contributed by atoms with Gasteiger partial charge in [0.25, 0.3) is 0 Å². The number of hydrogen-bond donors (Lipinski definition) is 0. The summed E-state index contributed by atoms with van der Waals surface area (Å²) < 4.78 is 17.5. The first-order valence-electron chi connectivity index (χ1n) is 13.9. The number of carbonyl (C=O) groups is 3. The number of hydrogen-bond acceptors (Lipinski definition) is 6. The summed E-state index contributed by atoms with van der Waals surface area (Å²) in [7, 11) is 0. The topological polar surface area (TPSA) is 78.9 Å². The summed E-state index contributed by atoms with van der Waals surface area (Å²) in [5, 5.41) is 0. The van der Waals surface area contributed by atoms with Crippen molar-refractivity contribution in [1.29, 1.82) is 0 Å². The normalized spacial score (nSPS) is 10.8. The lowest BCUT2D eigenvalue weighted by Gasteiger charge is -2.19. The van der Waals surface area contributed by atoms with Crippen LogP contribution in [0, 0.1) is 5.92 Å². The van der Waals surface area contributed by atoms with E-state index in [1.807, 2.05) is 72.8 Å². The highest BCUT2D eigenvalue weighted by Crippen LogP contribution is 2.34. The van der Waals surface area contributed by atoms with Crippen LogP contribution in [-0.4, -0.2) is 37.2 Å². The van der Waals surface area contributed by atoms with Crippen LogP contribution in [0.15, 0.2) is 72.8 Å². The van der Waals surface area contributed by atoms with E-state index in [2.05, 4.69) is 0 Å². The fourth-order valence-corrected chi connectivity index (χ4v) is 4.19. The molecule has 0 atom stereocenters. The zero-order valence-corrected chi connectivity index (χ0v) is 23.7. The summed E-state index contributed by atoms with van der Waals surface area (Å²) in [5.41, 5.74) is 3.09. The Morgan fingerprint density at radius 3 is 0.925 bits per heavy atom. The Kier molecular flexibility index (Phi) is 12.4. The van der Waals surface area contributed by atoms with Crippen molar-refractivity contribution in [2.45, 2.75) is 59.3 Å². The molecule has 6 nitrogen and oxygen atoms in total. The summed E-state index contributed by atoms with van der Waals surface area (Å²) in [5.74, 6) is 3.82. The summed E-state index contributed by atoms with van der Waals surface area (Å²) in [6.45, 7) is 6.26. The van der Waals surface area contributed by atoms with Gasteiger partial charge < -0.3 is 28.6 Å². The van der Waals surface area contributed by atoms with Gasteiger partial charge in [-0.1, -0.05) is 36.4 Å². The van der Waals surface area contributed by atoms with Crippen molar-refractivity contribution >= 4 is 17.3 Å². The van der Waals surface area contributed by atoms with E-state index in [4.69, 9.17) is 14.2 Å². The maximum absolute atomic E-state index is 11.2. The van der Waals surface area contributed by atoms with Gasteiger partial charge >= 0.3 is 0 Å². The van der Waals surface area contributed by atoms with Crippen LogP contribution in [0.3, 0.4) is 0 Å². The van der Waals surface area contributed by atoms with Gasteiger partial charge in [0.1, 0.15) is 34.6 Å². The zero-order chi connectivity index (χ0) is 28.7. The fraction of sp³-hybridized carbons (Fsp3) is 0.353. The van der Waals surface area contributed by atoms with Crippen LogP contribution in [0.4, 0.5) is 0 Å². The van der Waals surface area contributed by atoms with Crippen LogP contribution in [0.2, 0.25) is 0 Å². The second-order valence-electron chi connectivity index (χ2n) is 9.91. The average molecular weight is 544 g/mol. The second-order valence-corrected chi connectivity index (χ2v) is 9.91. The number of rotatable bonds is 18. The molecule has 0 heterocycles. The number of carbonyl (C=O) groups excluding carboxylic acids is 3. The second kappa shape index (κ2) is 16.2. The van der Waals surface area contributed by atoms with Gasteiger partial charge in [0, 0.05) is 19.3 Å². The molecule has 0 aromatic heterocycles. The van der Waals surface area contributed by atoms with Gasteiger partial charge in [0.2, 0.25) is 0 Å². The first kappa shape index (κ1) is 30.6. The van der Waals surface area contributed by atoms with Gasteiger partial charge in [-0.15, -0.1) is 0 Å². The van der Waals surface area contributed by atoms with Gasteiger partial charge in [0.15, 0.2) is 0 Å². The minimum absolute atomic E-state index is 0.165. The lowest BCUT2D eigenvalue weighted by Crippen LogP contribution is -2.06. The molecule has 0 N–H and O–H groups in total. The average Bonchev–Trinajstić information content (AvgIpc) is 2.94. The predicted molar refractivity (Wildman–Crippen MR) is 156 cm³/mol. The highest BCUT2D eigenvalue weighted by atomic mass is 16.5. The molecule has 0 aliphatic rings. The van der Waals surface area contributed by atoms with Crippen molar-refractivity contribution < 1.29 is 28.6 Å². The molecule has 0 bridgehead atoms. The molecule has 3 aromatic rings. The maximum Gasteiger partial charge on any atom is 0.129 e. The van der Waals surface area contributed by atoms with Gasteiger partial charge in [-0.25, -0.2) is 0 Å². The molecule has 0 saturated heterocycles. The Balaban J connectivity index is 1.75. The fourth-order valence-electron chi connectivity index (χ4n) is 4.19. The molecule has 0 fully saturated rings. The van der Waals surface area contributed by atoms with Gasteiger partial charge in [-0.05, 0) is 93.1 Å². The van der Waals surface area contributed by atoms with Gasteiger partial charge in [-0.2, -0.15) is 0 Å². The summed E-state index contributed by atoms with van der Waals surface area (Å²) in [4.78, 5) is 33.5. The van der Waals surface area contributed by atoms with E-state index in [0.717, 1.165) is 39.9 Å². The molecule has 40 heavy (non-hydrogen) atoms. The van der Waals surface area contributed by atoms with Gasteiger partial charge in [0.05, 0.1) is 25.7 Å². The highest BCUT2D eigenvalue weighted by molar-refractivity contribution is 5.76. The lowest BCUT2D eigenvalue weighted by atomic mass is 9.85. The molecule has 211 valence electrons. The van der Waals surface area contributed by atoms with Crippen LogP contribution >= 0.6 is 0 Å². The molecule has 0 aliphatic heterocycles. The van der Waals surface area contributed by atoms with Crippen LogP contribution in [0.1, 0.15) is 76.0 Å². The third-order valence-corrected chi connectivity index (χ3v) is 6.25. The quantitative estimate of drug-likeness (QED) is 0.128. The van der Waals surface area contributed by atoms with E-state index in [9.17, 15) is 14.4 Å². The number of Topliss-reactive ketones (excluding diaryl/α,β-unsaturated/α-hetero) is 3. The van der Waals surface area contributed by atoms with E-state index in [1.165, 1.54) is 0 Å². The van der Waals surface area contributed by atoms with E-state index in [0.29, 0.717) is 58.3 Å². The standard InChI is InChI=1S/C34H39O6/c1-25(35)7-4-22-38-31-16-10-28(11-17-31)34(29-12-18-32(19-13-29)39-23-5-8-26(2)36)30-14-20-33(21-15-30)40-24-6-9-27(3)37/h10-21H,4-9,22-24H2,1-3H3. The lowest BCUT2D eigenvalue weighted by molar-refractivity contribution is -0.118. The summed E-state index contributed by atoms with van der Waals surface area (Å²) in [6.07, 6.45) is 3.64. The van der Waals surface area contributed by atoms with Crippen LogP contribution in [0.5, 0.6) is 17.2 Å². The molecule has 0 unspecified atom stereocenters. The molecule has 1 radical (unpaired) electrons. The smallest absolute Gasteiger partial charge is 0.129 e. The predicted octanol–water partition coefficient (Wildman–Crippen LogP) is 6.95. The third kappa shape index (κ3) is 10.7. The minimum atomic E-state index is 0.165. The van der Waals surface area contributed by atoms with Crippen LogP contribution < -0.4 is 14.2 Å². The largest absolute Gasteiger partial charge is 0.494 e. The van der Waals surface area contributed by atoms with Crippen molar-refractivity contribution in [2.75, 3.05) is 19.8 Å². The maximum atomic E-state index is 11.2. The Morgan fingerprint density at radius 2 is 0.700 bits per heavy atom. The highest BCUT2D eigenvalue weighted by Gasteiger charge is 2.18. The van der Waals surface area contributed by atoms with Crippen LogP contribution in [-0.2, 0) is 14.4 Å². The molecule has 0 amide bonds.